The van der Waals surface area contributed by atoms with Crippen LogP contribution in [-0.4, -0.2) is 60.9 Å². The minimum Gasteiger partial charge on any atom is -0.371 e. The second kappa shape index (κ2) is 10.7. The van der Waals surface area contributed by atoms with E-state index in [1.165, 1.54) is 24.8 Å². The average molecular weight is 464 g/mol. The summed E-state index contributed by atoms with van der Waals surface area (Å²) in [5.41, 5.74) is 1.17. The summed E-state index contributed by atoms with van der Waals surface area (Å²) in [6, 6.07) is 11.0. The summed E-state index contributed by atoms with van der Waals surface area (Å²) < 4.78 is 34.5. The van der Waals surface area contributed by atoms with Crippen LogP contribution in [0, 0.1) is 0 Å². The molecule has 0 saturated heterocycles. The molecule has 1 fully saturated rings. The van der Waals surface area contributed by atoms with E-state index in [0.717, 1.165) is 35.6 Å². The van der Waals surface area contributed by atoms with Crippen LogP contribution < -0.4 is 10.0 Å². The lowest BCUT2D eigenvalue weighted by Gasteiger charge is -2.32. The number of carbonyl (C=O) groups is 2. The van der Waals surface area contributed by atoms with Gasteiger partial charge < -0.3 is 10.1 Å². The van der Waals surface area contributed by atoms with Gasteiger partial charge in [0.2, 0.25) is 5.91 Å². The zero-order chi connectivity index (χ0) is 23.1. The summed E-state index contributed by atoms with van der Waals surface area (Å²) in [6.45, 7) is 0.265. The molecular weight excluding hydrogens is 434 g/mol. The van der Waals surface area contributed by atoms with Crippen molar-refractivity contribution in [2.45, 2.75) is 51.0 Å². The Balaban J connectivity index is 1.61. The molecule has 0 bridgehead atoms. The molecule has 0 spiro atoms. The number of benzene rings is 1. The Morgan fingerprint density at radius 2 is 1.97 bits per heavy atom. The van der Waals surface area contributed by atoms with E-state index in [1.807, 2.05) is 30.3 Å². The third-order valence-corrected chi connectivity index (χ3v) is 6.72. The number of aromatic nitrogens is 2. The summed E-state index contributed by atoms with van der Waals surface area (Å²) in [4.78, 5) is 24.1. The second-order valence-electron chi connectivity index (χ2n) is 7.91. The molecule has 1 aliphatic rings. The van der Waals surface area contributed by atoms with Crippen LogP contribution >= 0.6 is 0 Å². The van der Waals surface area contributed by atoms with Crippen molar-refractivity contribution in [3.8, 4) is 0 Å². The fraction of sp³-hybridized carbons (Fsp3) is 0.476. The molecule has 0 radical (unpaired) electrons. The maximum absolute atomic E-state index is 12.7. The third kappa shape index (κ3) is 6.38. The number of hydrogen-bond acceptors (Lipinski definition) is 6. The van der Waals surface area contributed by atoms with Crippen LogP contribution in [0.15, 0.2) is 36.4 Å². The van der Waals surface area contributed by atoms with Gasteiger partial charge >= 0.3 is 10.2 Å². The van der Waals surface area contributed by atoms with Gasteiger partial charge in [0.15, 0.2) is 12.1 Å². The van der Waals surface area contributed by atoms with E-state index in [9.17, 15) is 18.0 Å². The lowest BCUT2D eigenvalue weighted by molar-refractivity contribution is -0.124. The number of nitrogens with zero attached hydrogens (tertiary/aromatic N) is 3. The highest BCUT2D eigenvalue weighted by Gasteiger charge is 2.27. The summed E-state index contributed by atoms with van der Waals surface area (Å²) in [5, 5.41) is 7.05. The molecule has 2 atom stereocenters. The van der Waals surface area contributed by atoms with Gasteiger partial charge in [0, 0.05) is 20.2 Å². The topological polar surface area (TPSA) is 123 Å². The lowest BCUT2D eigenvalue weighted by Crippen LogP contribution is -2.47. The molecule has 1 aliphatic carbocycles. The highest BCUT2D eigenvalue weighted by Crippen LogP contribution is 2.22. The first kappa shape index (κ1) is 23.9. The number of hydrogen-bond donors (Lipinski definition) is 2. The molecule has 0 aliphatic heterocycles. The fourth-order valence-corrected chi connectivity index (χ4v) is 4.10. The number of amides is 1. The van der Waals surface area contributed by atoms with Gasteiger partial charge in [0.1, 0.15) is 12.2 Å². The Kier molecular flexibility index (Phi) is 7.99. The van der Waals surface area contributed by atoms with Crippen LogP contribution in [0.1, 0.15) is 41.7 Å². The Bertz CT molecular complexity index is 1020. The van der Waals surface area contributed by atoms with Crippen LogP contribution in [0.4, 0.5) is 5.82 Å². The molecule has 1 aromatic heterocycles. The number of aldehydes is 1. The lowest BCUT2D eigenvalue weighted by atomic mass is 9.92. The summed E-state index contributed by atoms with van der Waals surface area (Å²) in [5.74, 6) is -0.353. The van der Waals surface area contributed by atoms with Crippen molar-refractivity contribution in [1.82, 2.24) is 19.4 Å². The average Bonchev–Trinajstić information content (AvgIpc) is 3.14. The van der Waals surface area contributed by atoms with Gasteiger partial charge in [-0.25, -0.2) is 0 Å². The molecule has 10 nitrogen and oxygen atoms in total. The molecule has 1 aromatic carbocycles. The van der Waals surface area contributed by atoms with E-state index >= 15 is 0 Å². The number of rotatable bonds is 10. The Hall–Kier alpha value is -2.76. The molecule has 0 unspecified atom stereocenters. The quantitative estimate of drug-likeness (QED) is 0.516. The van der Waals surface area contributed by atoms with Gasteiger partial charge in [-0.3, -0.25) is 19.0 Å². The summed E-state index contributed by atoms with van der Waals surface area (Å²) >= 11 is 0. The smallest absolute Gasteiger partial charge is 0.302 e. The molecule has 2 aromatic rings. The Morgan fingerprint density at radius 1 is 1.25 bits per heavy atom. The van der Waals surface area contributed by atoms with E-state index in [-0.39, 0.29) is 36.1 Å². The monoisotopic (exact) mass is 463 g/mol. The van der Waals surface area contributed by atoms with E-state index in [0.29, 0.717) is 12.9 Å². The van der Waals surface area contributed by atoms with Crippen LogP contribution in [0.3, 0.4) is 0 Å². The molecule has 174 valence electrons. The van der Waals surface area contributed by atoms with E-state index in [4.69, 9.17) is 4.74 Å². The minimum absolute atomic E-state index is 0.0321. The first-order chi connectivity index (χ1) is 15.3. The second-order valence-corrected chi connectivity index (χ2v) is 9.80. The normalized spacial score (nSPS) is 19.0. The molecular formula is C21H29N5O5S. The van der Waals surface area contributed by atoms with Gasteiger partial charge in [-0.05, 0) is 18.4 Å². The van der Waals surface area contributed by atoms with Crippen molar-refractivity contribution in [3.63, 3.8) is 0 Å². The molecule has 3 rings (SSSR count). The SMILES string of the molecule is CN(C)S(=O)(=O)Nc1cc(C=O)n(CC(=O)N[C@H]2CCCC[C@@H]2OCc2ccccc2)n1. The zero-order valence-electron chi connectivity index (χ0n) is 18.2. The van der Waals surface area contributed by atoms with E-state index in [2.05, 4.69) is 15.1 Å². The van der Waals surface area contributed by atoms with Crippen LogP contribution in [0.2, 0.25) is 0 Å². The van der Waals surface area contributed by atoms with Crippen molar-refractivity contribution >= 4 is 28.2 Å². The molecule has 1 saturated carbocycles. The molecule has 2 N–H and O–H groups in total. The van der Waals surface area contributed by atoms with Gasteiger partial charge in [-0.15, -0.1) is 0 Å². The van der Waals surface area contributed by atoms with Crippen molar-refractivity contribution in [3.05, 3.63) is 47.7 Å². The molecule has 1 heterocycles. The van der Waals surface area contributed by atoms with Gasteiger partial charge in [0.05, 0.1) is 18.8 Å². The first-order valence-corrected chi connectivity index (χ1v) is 11.9. The minimum atomic E-state index is -3.78. The summed E-state index contributed by atoms with van der Waals surface area (Å²) in [6.07, 6.45) is 4.12. The van der Waals surface area contributed by atoms with E-state index < -0.39 is 10.2 Å². The van der Waals surface area contributed by atoms with Gasteiger partial charge in [-0.1, -0.05) is 43.2 Å². The Labute approximate surface area is 188 Å². The maximum atomic E-state index is 12.7. The largest absolute Gasteiger partial charge is 0.371 e. The fourth-order valence-electron chi connectivity index (χ4n) is 3.55. The highest BCUT2D eigenvalue weighted by molar-refractivity contribution is 7.90. The molecule has 1 amide bonds. The molecule has 32 heavy (non-hydrogen) atoms. The van der Waals surface area contributed by atoms with Gasteiger partial charge in [-0.2, -0.15) is 17.8 Å². The van der Waals surface area contributed by atoms with Crippen LogP contribution in [-0.2, 0) is 32.9 Å². The number of carbonyl (C=O) groups excluding carboxylic acids is 2. The third-order valence-electron chi connectivity index (χ3n) is 5.30. The number of nitrogens with one attached hydrogen (secondary N) is 2. The van der Waals surface area contributed by atoms with Crippen molar-refractivity contribution in [2.24, 2.45) is 0 Å². The van der Waals surface area contributed by atoms with Crippen LogP contribution in [0.25, 0.3) is 0 Å². The van der Waals surface area contributed by atoms with Gasteiger partial charge in [0.25, 0.3) is 0 Å². The standard InChI is InChI=1S/C21H29N5O5S/c1-25(2)32(29,30)24-20-12-17(14-27)26(23-20)13-21(28)22-18-10-6-7-11-19(18)31-15-16-8-4-3-5-9-16/h3-5,8-9,12,14,18-19H,6-7,10-11,13,15H2,1-2H3,(H,22,28)(H,23,24)/t18-,19-/m0/s1. The Morgan fingerprint density at radius 3 is 2.66 bits per heavy atom. The predicted molar refractivity (Wildman–Crippen MR) is 119 cm³/mol. The number of anilines is 1. The molecule has 11 heteroatoms. The van der Waals surface area contributed by atoms with Crippen molar-refractivity contribution in [1.29, 1.82) is 0 Å². The zero-order valence-corrected chi connectivity index (χ0v) is 19.0. The predicted octanol–water partition coefficient (Wildman–Crippen LogP) is 1.56. The number of ether oxygens (including phenoxy) is 1. The first-order valence-electron chi connectivity index (χ1n) is 10.5. The van der Waals surface area contributed by atoms with Crippen molar-refractivity contribution < 1.29 is 22.7 Å². The highest BCUT2D eigenvalue weighted by atomic mass is 32.2. The van der Waals surface area contributed by atoms with Crippen molar-refractivity contribution in [2.75, 3.05) is 18.8 Å². The maximum Gasteiger partial charge on any atom is 0.302 e. The van der Waals surface area contributed by atoms with Crippen LogP contribution in [0.5, 0.6) is 0 Å². The van der Waals surface area contributed by atoms with E-state index in [1.54, 1.807) is 0 Å². The summed E-state index contributed by atoms with van der Waals surface area (Å²) in [7, 11) is -1.04.